The molecule has 0 aliphatic rings. The van der Waals surface area contributed by atoms with Crippen molar-refractivity contribution in [1.29, 1.82) is 0 Å². The van der Waals surface area contributed by atoms with Crippen LogP contribution in [0.25, 0.3) is 6.08 Å². The zero-order valence-electron chi connectivity index (χ0n) is 11.6. The van der Waals surface area contributed by atoms with E-state index in [1.54, 1.807) is 24.3 Å². The van der Waals surface area contributed by atoms with E-state index in [4.69, 9.17) is 11.6 Å². The fourth-order valence-electron chi connectivity index (χ4n) is 1.84. The van der Waals surface area contributed by atoms with Crippen LogP contribution in [0.1, 0.15) is 16.7 Å². The highest BCUT2D eigenvalue weighted by Crippen LogP contribution is 2.18. The summed E-state index contributed by atoms with van der Waals surface area (Å²) in [5.41, 5.74) is 3.14. The molecule has 0 radical (unpaired) electrons. The lowest BCUT2D eigenvalue weighted by Gasteiger charge is -2.07. The third kappa shape index (κ3) is 4.18. The summed E-state index contributed by atoms with van der Waals surface area (Å²) in [5.74, 6) is -0.257. The average Bonchev–Trinajstić information content (AvgIpc) is 2.49. The maximum Gasteiger partial charge on any atom is 0.248 e. The second kappa shape index (κ2) is 7.07. The number of rotatable bonds is 4. The molecule has 0 heterocycles. The van der Waals surface area contributed by atoms with Crippen LogP contribution in [0.3, 0.4) is 0 Å². The summed E-state index contributed by atoms with van der Waals surface area (Å²) in [4.78, 5) is 11.9. The molecule has 3 nitrogen and oxygen atoms in total. The maximum atomic E-state index is 11.9. The summed E-state index contributed by atoms with van der Waals surface area (Å²) >= 11 is 6.04. The molecule has 0 spiro atoms. The van der Waals surface area contributed by atoms with Crippen LogP contribution in [0.2, 0.25) is 5.02 Å². The molecular weight excluding hydrogens is 286 g/mol. The molecule has 0 saturated carbocycles. The van der Waals surface area contributed by atoms with Gasteiger partial charge in [0, 0.05) is 22.3 Å². The SMILES string of the molecule is Cc1ccc(C=CC(=O)Nc2ccccc2CO)cc1Cl. The highest BCUT2D eigenvalue weighted by atomic mass is 35.5. The number of para-hydroxylation sites is 1. The molecule has 2 N–H and O–H groups in total. The van der Waals surface area contributed by atoms with E-state index in [0.717, 1.165) is 11.1 Å². The molecule has 2 aromatic carbocycles. The molecule has 2 rings (SSSR count). The van der Waals surface area contributed by atoms with E-state index in [-0.39, 0.29) is 12.5 Å². The first-order chi connectivity index (χ1) is 10.1. The number of carbonyl (C=O) groups is 1. The minimum atomic E-state index is -0.257. The number of hydrogen-bond donors (Lipinski definition) is 2. The maximum absolute atomic E-state index is 11.9. The Bertz CT molecular complexity index is 680. The number of carbonyl (C=O) groups excluding carboxylic acids is 1. The highest BCUT2D eigenvalue weighted by Gasteiger charge is 2.03. The summed E-state index contributed by atoms with van der Waals surface area (Å²) < 4.78 is 0. The van der Waals surface area contributed by atoms with E-state index in [1.807, 2.05) is 31.2 Å². The summed E-state index contributed by atoms with van der Waals surface area (Å²) in [6.45, 7) is 1.81. The van der Waals surface area contributed by atoms with Crippen molar-refractivity contribution >= 4 is 29.3 Å². The second-order valence-corrected chi connectivity index (χ2v) is 5.05. The van der Waals surface area contributed by atoms with Crippen LogP contribution in [0.5, 0.6) is 0 Å². The number of amides is 1. The number of aryl methyl sites for hydroxylation is 1. The molecular formula is C17H16ClNO2. The van der Waals surface area contributed by atoms with Gasteiger partial charge in [-0.15, -0.1) is 0 Å². The summed E-state index contributed by atoms with van der Waals surface area (Å²) in [5, 5.41) is 12.6. The standard InChI is InChI=1S/C17H16ClNO2/c1-12-6-7-13(10-15(12)18)8-9-17(21)19-16-5-3-2-4-14(16)11-20/h2-10,20H,11H2,1H3,(H,19,21). The van der Waals surface area contributed by atoms with Crippen molar-refractivity contribution in [3.05, 3.63) is 70.3 Å². The number of aliphatic hydroxyl groups excluding tert-OH is 1. The highest BCUT2D eigenvalue weighted by molar-refractivity contribution is 6.31. The summed E-state index contributed by atoms with van der Waals surface area (Å²) in [6, 6.07) is 12.7. The van der Waals surface area contributed by atoms with Crippen LogP contribution in [0.4, 0.5) is 5.69 Å². The van der Waals surface area contributed by atoms with Crippen LogP contribution >= 0.6 is 11.6 Å². The van der Waals surface area contributed by atoms with Gasteiger partial charge in [0.15, 0.2) is 0 Å². The van der Waals surface area contributed by atoms with E-state index in [0.29, 0.717) is 16.3 Å². The fraction of sp³-hybridized carbons (Fsp3) is 0.118. The molecule has 21 heavy (non-hydrogen) atoms. The van der Waals surface area contributed by atoms with Gasteiger partial charge in [0.2, 0.25) is 5.91 Å². The van der Waals surface area contributed by atoms with Gasteiger partial charge >= 0.3 is 0 Å². The van der Waals surface area contributed by atoms with Crippen molar-refractivity contribution < 1.29 is 9.90 Å². The van der Waals surface area contributed by atoms with E-state index < -0.39 is 0 Å². The fourth-order valence-corrected chi connectivity index (χ4v) is 2.03. The van der Waals surface area contributed by atoms with Gasteiger partial charge < -0.3 is 10.4 Å². The molecule has 0 fully saturated rings. The Labute approximate surface area is 128 Å². The van der Waals surface area contributed by atoms with Crippen LogP contribution in [0.15, 0.2) is 48.5 Å². The van der Waals surface area contributed by atoms with Crippen molar-refractivity contribution in [2.24, 2.45) is 0 Å². The van der Waals surface area contributed by atoms with E-state index in [1.165, 1.54) is 6.08 Å². The van der Waals surface area contributed by atoms with Gasteiger partial charge in [-0.05, 0) is 36.3 Å². The number of halogens is 1. The molecule has 0 unspecified atom stereocenters. The van der Waals surface area contributed by atoms with Gasteiger partial charge in [0.25, 0.3) is 0 Å². The first-order valence-electron chi connectivity index (χ1n) is 6.54. The molecule has 0 saturated heterocycles. The normalized spacial score (nSPS) is 10.8. The quantitative estimate of drug-likeness (QED) is 0.844. The number of hydrogen-bond acceptors (Lipinski definition) is 2. The van der Waals surface area contributed by atoms with Gasteiger partial charge in [-0.25, -0.2) is 0 Å². The van der Waals surface area contributed by atoms with E-state index >= 15 is 0 Å². The monoisotopic (exact) mass is 301 g/mol. The lowest BCUT2D eigenvalue weighted by molar-refractivity contribution is -0.111. The molecule has 108 valence electrons. The van der Waals surface area contributed by atoms with Crippen molar-refractivity contribution in [3.8, 4) is 0 Å². The van der Waals surface area contributed by atoms with Gasteiger partial charge in [0.05, 0.1) is 6.61 Å². The van der Waals surface area contributed by atoms with Crippen molar-refractivity contribution in [2.45, 2.75) is 13.5 Å². The molecule has 4 heteroatoms. The first-order valence-corrected chi connectivity index (χ1v) is 6.92. The minimum absolute atomic E-state index is 0.117. The van der Waals surface area contributed by atoms with Crippen LogP contribution in [0, 0.1) is 6.92 Å². The van der Waals surface area contributed by atoms with Gasteiger partial charge in [-0.1, -0.05) is 41.9 Å². The third-order valence-electron chi connectivity index (χ3n) is 3.07. The van der Waals surface area contributed by atoms with Crippen LogP contribution in [-0.2, 0) is 11.4 Å². The first kappa shape index (κ1) is 15.3. The molecule has 1 amide bonds. The van der Waals surface area contributed by atoms with Crippen molar-refractivity contribution in [3.63, 3.8) is 0 Å². The number of anilines is 1. The Morgan fingerprint density at radius 2 is 2.05 bits per heavy atom. The number of aliphatic hydroxyl groups is 1. The molecule has 0 aliphatic heterocycles. The summed E-state index contributed by atoms with van der Waals surface area (Å²) in [6.07, 6.45) is 3.14. The van der Waals surface area contributed by atoms with E-state index in [9.17, 15) is 9.90 Å². The minimum Gasteiger partial charge on any atom is -0.392 e. The largest absolute Gasteiger partial charge is 0.392 e. The lowest BCUT2D eigenvalue weighted by Crippen LogP contribution is -2.09. The predicted octanol–water partition coefficient (Wildman–Crippen LogP) is 3.79. The van der Waals surface area contributed by atoms with Crippen LogP contribution < -0.4 is 5.32 Å². The zero-order chi connectivity index (χ0) is 15.2. The third-order valence-corrected chi connectivity index (χ3v) is 3.48. The molecule has 0 atom stereocenters. The van der Waals surface area contributed by atoms with Crippen molar-refractivity contribution in [1.82, 2.24) is 0 Å². The van der Waals surface area contributed by atoms with Crippen LogP contribution in [-0.4, -0.2) is 11.0 Å². The van der Waals surface area contributed by atoms with Gasteiger partial charge in [0.1, 0.15) is 0 Å². The number of benzene rings is 2. The molecule has 0 bridgehead atoms. The molecule has 0 aliphatic carbocycles. The Balaban J connectivity index is 2.07. The molecule has 0 aromatic heterocycles. The van der Waals surface area contributed by atoms with Gasteiger partial charge in [-0.2, -0.15) is 0 Å². The number of nitrogens with one attached hydrogen (secondary N) is 1. The molecule has 2 aromatic rings. The predicted molar refractivity (Wildman–Crippen MR) is 86.2 cm³/mol. The zero-order valence-corrected chi connectivity index (χ0v) is 12.4. The van der Waals surface area contributed by atoms with Crippen molar-refractivity contribution in [2.75, 3.05) is 5.32 Å². The smallest absolute Gasteiger partial charge is 0.248 e. The summed E-state index contributed by atoms with van der Waals surface area (Å²) in [7, 11) is 0. The Kier molecular flexibility index (Phi) is 5.14. The average molecular weight is 302 g/mol. The Hall–Kier alpha value is -2.10. The van der Waals surface area contributed by atoms with E-state index in [2.05, 4.69) is 5.32 Å². The Morgan fingerprint density at radius 1 is 1.29 bits per heavy atom. The van der Waals surface area contributed by atoms with Gasteiger partial charge in [-0.3, -0.25) is 4.79 Å². The topological polar surface area (TPSA) is 49.3 Å². The second-order valence-electron chi connectivity index (χ2n) is 4.65. The lowest BCUT2D eigenvalue weighted by atomic mass is 10.1. The Morgan fingerprint density at radius 3 is 2.76 bits per heavy atom.